The number of rotatable bonds is 3. The van der Waals surface area contributed by atoms with Crippen LogP contribution in [0.25, 0.3) is 0 Å². The van der Waals surface area contributed by atoms with E-state index in [-0.39, 0.29) is 11.8 Å². The summed E-state index contributed by atoms with van der Waals surface area (Å²) in [5.41, 5.74) is -0.614. The fourth-order valence-corrected chi connectivity index (χ4v) is 2.55. The summed E-state index contributed by atoms with van der Waals surface area (Å²) in [6, 6.07) is 2.26. The van der Waals surface area contributed by atoms with Crippen LogP contribution in [-0.2, 0) is 9.05 Å². The van der Waals surface area contributed by atoms with Gasteiger partial charge < -0.3 is 0 Å². The first-order chi connectivity index (χ1) is 7.27. The SMILES string of the molecule is Cc1cc(C=O)c(S(=O)(=O)Cl)c([N+](=O)[O-])c1. The molecule has 0 fully saturated rings. The molecule has 0 atom stereocenters. The number of carbonyl (C=O) groups is 1. The number of carbonyl (C=O) groups excluding carboxylic acids is 1. The van der Waals surface area contributed by atoms with Crippen molar-refractivity contribution in [2.75, 3.05) is 0 Å². The van der Waals surface area contributed by atoms with Crippen LogP contribution in [0.1, 0.15) is 15.9 Å². The molecule has 6 nitrogen and oxygen atoms in total. The number of benzene rings is 1. The number of nitro groups is 1. The lowest BCUT2D eigenvalue weighted by Crippen LogP contribution is -2.04. The second-order valence-corrected chi connectivity index (χ2v) is 5.52. The van der Waals surface area contributed by atoms with Crippen LogP contribution in [0.4, 0.5) is 5.69 Å². The van der Waals surface area contributed by atoms with E-state index in [9.17, 15) is 23.3 Å². The van der Waals surface area contributed by atoms with Gasteiger partial charge in [-0.2, -0.15) is 0 Å². The maximum atomic E-state index is 11.2. The zero-order chi connectivity index (χ0) is 12.5. The first-order valence-electron chi connectivity index (χ1n) is 3.96. The van der Waals surface area contributed by atoms with E-state index >= 15 is 0 Å². The van der Waals surface area contributed by atoms with E-state index in [4.69, 9.17) is 10.7 Å². The second-order valence-electron chi connectivity index (χ2n) is 3.02. The van der Waals surface area contributed by atoms with Crippen molar-refractivity contribution < 1.29 is 18.1 Å². The van der Waals surface area contributed by atoms with Gasteiger partial charge in [-0.25, -0.2) is 8.42 Å². The lowest BCUT2D eigenvalue weighted by atomic mass is 10.1. The third-order valence-corrected chi connectivity index (χ3v) is 3.21. The third kappa shape index (κ3) is 2.37. The zero-order valence-electron chi connectivity index (χ0n) is 8.01. The molecule has 1 aromatic carbocycles. The molecule has 0 saturated carbocycles. The molecule has 1 aromatic rings. The smallest absolute Gasteiger partial charge is 0.290 e. The van der Waals surface area contributed by atoms with Gasteiger partial charge in [-0.15, -0.1) is 0 Å². The van der Waals surface area contributed by atoms with Crippen LogP contribution in [-0.4, -0.2) is 19.6 Å². The lowest BCUT2D eigenvalue weighted by Gasteiger charge is -2.03. The number of nitrogens with zero attached hydrogens (tertiary/aromatic N) is 1. The molecular formula is C8H6ClNO5S. The largest absolute Gasteiger partial charge is 0.298 e. The Balaban J connectivity index is 3.79. The molecule has 0 unspecified atom stereocenters. The van der Waals surface area contributed by atoms with E-state index in [2.05, 4.69) is 0 Å². The molecule has 0 bridgehead atoms. The fourth-order valence-electron chi connectivity index (χ4n) is 1.27. The molecule has 0 N–H and O–H groups in total. The van der Waals surface area contributed by atoms with Gasteiger partial charge in [0.15, 0.2) is 11.2 Å². The second kappa shape index (κ2) is 4.18. The molecule has 0 aliphatic rings. The maximum absolute atomic E-state index is 11.2. The van der Waals surface area contributed by atoms with Gasteiger partial charge in [0, 0.05) is 22.3 Å². The first-order valence-corrected chi connectivity index (χ1v) is 6.27. The topological polar surface area (TPSA) is 94.3 Å². The minimum absolute atomic E-state index is 0.218. The molecule has 0 heterocycles. The van der Waals surface area contributed by atoms with E-state index in [1.807, 2.05) is 0 Å². The van der Waals surface area contributed by atoms with Crippen molar-refractivity contribution in [3.05, 3.63) is 33.4 Å². The Hall–Kier alpha value is -1.47. The highest BCUT2D eigenvalue weighted by atomic mass is 35.7. The summed E-state index contributed by atoms with van der Waals surface area (Å²) < 4.78 is 22.3. The molecule has 1 rings (SSSR count). The van der Waals surface area contributed by atoms with Crippen molar-refractivity contribution in [2.24, 2.45) is 0 Å². The van der Waals surface area contributed by atoms with Crippen LogP contribution in [0.5, 0.6) is 0 Å². The summed E-state index contributed by atoms with van der Waals surface area (Å²) in [6.45, 7) is 1.50. The molecule has 0 saturated heterocycles. The quantitative estimate of drug-likeness (QED) is 0.358. The summed E-state index contributed by atoms with van der Waals surface area (Å²) in [5.74, 6) is 0. The van der Waals surface area contributed by atoms with Gasteiger partial charge in [0.25, 0.3) is 14.7 Å². The highest BCUT2D eigenvalue weighted by Crippen LogP contribution is 2.30. The van der Waals surface area contributed by atoms with Crippen LogP contribution in [0, 0.1) is 17.0 Å². The number of nitro benzene ring substituents is 1. The Morgan fingerprint density at radius 3 is 2.38 bits per heavy atom. The van der Waals surface area contributed by atoms with Gasteiger partial charge in [0.05, 0.1) is 4.92 Å². The van der Waals surface area contributed by atoms with Crippen molar-refractivity contribution in [2.45, 2.75) is 11.8 Å². The van der Waals surface area contributed by atoms with Crippen molar-refractivity contribution in [1.29, 1.82) is 0 Å². The Morgan fingerprint density at radius 2 is 2.00 bits per heavy atom. The summed E-state index contributed by atoms with van der Waals surface area (Å²) >= 11 is 0. The molecule has 86 valence electrons. The highest BCUT2D eigenvalue weighted by Gasteiger charge is 2.28. The van der Waals surface area contributed by atoms with Crippen molar-refractivity contribution >= 4 is 31.7 Å². The minimum atomic E-state index is -4.34. The molecule has 0 spiro atoms. The molecule has 0 aromatic heterocycles. The number of hydrogen-bond donors (Lipinski definition) is 0. The number of hydrogen-bond acceptors (Lipinski definition) is 5. The van der Waals surface area contributed by atoms with E-state index in [1.54, 1.807) is 0 Å². The Kier molecular flexibility index (Phi) is 3.30. The normalized spacial score (nSPS) is 11.1. The van der Waals surface area contributed by atoms with Gasteiger partial charge in [0.2, 0.25) is 0 Å². The summed E-state index contributed by atoms with van der Waals surface area (Å²) in [6.07, 6.45) is 0.218. The zero-order valence-corrected chi connectivity index (χ0v) is 9.58. The van der Waals surface area contributed by atoms with Gasteiger partial charge in [-0.3, -0.25) is 14.9 Å². The van der Waals surface area contributed by atoms with Crippen molar-refractivity contribution in [3.8, 4) is 0 Å². The molecule has 8 heteroatoms. The summed E-state index contributed by atoms with van der Waals surface area (Å²) in [7, 11) is 0.714. The molecule has 0 amide bonds. The standard InChI is InChI=1S/C8H6ClNO5S/c1-5-2-6(4-11)8(16(9,14)15)7(3-5)10(12)13/h2-4H,1H3. The fraction of sp³-hybridized carbons (Fsp3) is 0.125. The molecule has 0 aliphatic carbocycles. The van der Waals surface area contributed by atoms with Crippen LogP contribution in [0.3, 0.4) is 0 Å². The van der Waals surface area contributed by atoms with Crippen LogP contribution >= 0.6 is 10.7 Å². The number of halogens is 1. The Morgan fingerprint density at radius 1 is 1.44 bits per heavy atom. The Labute approximate surface area is 95.4 Å². The summed E-state index contributed by atoms with van der Waals surface area (Å²) in [5, 5.41) is 10.7. The van der Waals surface area contributed by atoms with Crippen LogP contribution in [0.15, 0.2) is 17.0 Å². The van der Waals surface area contributed by atoms with Gasteiger partial charge >= 0.3 is 0 Å². The van der Waals surface area contributed by atoms with Gasteiger partial charge in [-0.05, 0) is 18.6 Å². The van der Waals surface area contributed by atoms with Gasteiger partial charge in [-0.1, -0.05) is 0 Å². The lowest BCUT2D eigenvalue weighted by molar-refractivity contribution is -0.387. The maximum Gasteiger partial charge on any atom is 0.290 e. The van der Waals surface area contributed by atoms with Crippen molar-refractivity contribution in [3.63, 3.8) is 0 Å². The predicted molar refractivity (Wildman–Crippen MR) is 56.3 cm³/mol. The molecule has 0 aliphatic heterocycles. The molecular weight excluding hydrogens is 258 g/mol. The van der Waals surface area contributed by atoms with Crippen LogP contribution in [0.2, 0.25) is 0 Å². The summed E-state index contributed by atoms with van der Waals surface area (Å²) in [4.78, 5) is 19.7. The van der Waals surface area contributed by atoms with Crippen molar-refractivity contribution in [1.82, 2.24) is 0 Å². The van der Waals surface area contributed by atoms with E-state index in [1.165, 1.54) is 13.0 Å². The third-order valence-electron chi connectivity index (χ3n) is 1.81. The van der Waals surface area contributed by atoms with E-state index < -0.39 is 24.6 Å². The number of aldehydes is 1. The van der Waals surface area contributed by atoms with Crippen LogP contribution < -0.4 is 0 Å². The highest BCUT2D eigenvalue weighted by molar-refractivity contribution is 8.14. The van der Waals surface area contributed by atoms with E-state index in [0.29, 0.717) is 5.56 Å². The average Bonchev–Trinajstić information content (AvgIpc) is 2.14. The Bertz CT molecular complexity index is 566. The predicted octanol–water partition coefficient (Wildman–Crippen LogP) is 1.64. The minimum Gasteiger partial charge on any atom is -0.298 e. The van der Waals surface area contributed by atoms with Gasteiger partial charge in [0.1, 0.15) is 0 Å². The number of aryl methyl sites for hydroxylation is 1. The monoisotopic (exact) mass is 263 g/mol. The molecule has 16 heavy (non-hydrogen) atoms. The van der Waals surface area contributed by atoms with E-state index in [0.717, 1.165) is 6.07 Å². The average molecular weight is 264 g/mol. The molecule has 0 radical (unpaired) electrons. The first kappa shape index (κ1) is 12.6.